The SMILES string of the molecule is O=C(O)C1CC([N+]2CCCCC2C(=O)[O-])CCN1C(=O)[C@@H](Cc1ccc(O)c(Br)c1)OC(=O)N1CCC(N2CCc3ccccc3NC2=O)CC1. The number of fused-ring (bicyclic) bond motifs is 1. The second-order valence-corrected chi connectivity index (χ2v) is 14.6. The Bertz CT molecular complexity index is 1650. The molecule has 3 unspecified atom stereocenters. The number of carbonyl (C=O) groups is 5. The van der Waals surface area contributed by atoms with E-state index in [1.165, 1.54) is 15.9 Å². The first-order chi connectivity index (χ1) is 24.5. The van der Waals surface area contributed by atoms with Crippen LogP contribution in [0.2, 0.25) is 0 Å². The van der Waals surface area contributed by atoms with Crippen LogP contribution in [0.15, 0.2) is 46.9 Å². The fourth-order valence-electron chi connectivity index (χ4n) is 7.94. The molecule has 15 heteroatoms. The van der Waals surface area contributed by atoms with Gasteiger partial charge in [0.15, 0.2) is 12.1 Å². The summed E-state index contributed by atoms with van der Waals surface area (Å²) < 4.78 is 6.28. The largest absolute Gasteiger partial charge is 0.544 e. The number of aromatic hydroxyl groups is 1. The summed E-state index contributed by atoms with van der Waals surface area (Å²) in [6, 6.07) is 9.65. The van der Waals surface area contributed by atoms with Gasteiger partial charge in [0.05, 0.1) is 4.47 Å². The van der Waals surface area contributed by atoms with Gasteiger partial charge in [-0.1, -0.05) is 24.3 Å². The number of carbonyl (C=O) groups excluding carboxylic acids is 4. The molecule has 0 saturated carbocycles. The maximum Gasteiger partial charge on any atom is 0.410 e. The number of aliphatic carboxylic acids is 2. The van der Waals surface area contributed by atoms with Crippen LogP contribution >= 0.6 is 15.9 Å². The minimum Gasteiger partial charge on any atom is -0.544 e. The zero-order chi connectivity index (χ0) is 36.2. The van der Waals surface area contributed by atoms with Gasteiger partial charge in [-0.25, -0.2) is 14.4 Å². The molecule has 14 nitrogen and oxygen atoms in total. The molecule has 0 aromatic heterocycles. The van der Waals surface area contributed by atoms with Crippen molar-refractivity contribution >= 4 is 51.6 Å². The smallest absolute Gasteiger partial charge is 0.410 e. The van der Waals surface area contributed by atoms with Crippen LogP contribution in [0.5, 0.6) is 5.75 Å². The summed E-state index contributed by atoms with van der Waals surface area (Å²) in [6.07, 6.45) is 1.92. The van der Waals surface area contributed by atoms with Gasteiger partial charge in [-0.3, -0.25) is 4.79 Å². The number of phenols is 1. The lowest BCUT2D eigenvalue weighted by atomic mass is 9.90. The highest BCUT2D eigenvalue weighted by molar-refractivity contribution is 9.10. The number of halogens is 1. The summed E-state index contributed by atoms with van der Waals surface area (Å²) in [5.74, 6) is -3.08. The van der Waals surface area contributed by atoms with E-state index >= 15 is 0 Å². The van der Waals surface area contributed by atoms with Crippen LogP contribution in [0.3, 0.4) is 0 Å². The number of benzene rings is 2. The standard InChI is InChI=1S/C36H44BrN5O9/c37-26-19-22(8-9-30(26)43)20-31(32(44)42-18-13-25(21-29(42)34(47)48)40-14-4-3-7-28(40)33(45)46)51-36(50)39-15-11-24(12-16-39)41-17-10-23-5-1-2-6-27(23)38-35(41)49/h1-2,5-6,8-9,19,24-25,28-29,31,43H,3-4,7,10-18,20-21H2,(H,38,49)(H,45,46)(H,47,48)/q+1/p-1/t25?,28?,29?,31-/m1/s1. The molecule has 0 aliphatic carbocycles. The van der Waals surface area contributed by atoms with Gasteiger partial charge >= 0.3 is 18.1 Å². The Morgan fingerprint density at radius 1 is 1.02 bits per heavy atom. The molecule has 3 saturated heterocycles. The molecule has 0 spiro atoms. The van der Waals surface area contributed by atoms with Gasteiger partial charge in [0.1, 0.15) is 30.3 Å². The Morgan fingerprint density at radius 3 is 2.51 bits per heavy atom. The van der Waals surface area contributed by atoms with E-state index in [0.717, 1.165) is 24.1 Å². The molecule has 4 aliphatic heterocycles. The summed E-state index contributed by atoms with van der Waals surface area (Å²) >= 11 is 3.28. The molecular weight excluding hydrogens is 726 g/mol. The van der Waals surface area contributed by atoms with E-state index < -0.39 is 42.1 Å². The van der Waals surface area contributed by atoms with E-state index in [9.17, 15) is 39.3 Å². The number of nitrogens with one attached hydrogen (secondary N) is 1. The molecule has 4 amide bonds. The predicted octanol–water partition coefficient (Wildman–Crippen LogP) is 2.64. The molecule has 273 valence electrons. The van der Waals surface area contributed by atoms with Gasteiger partial charge < -0.3 is 44.9 Å². The van der Waals surface area contributed by atoms with Gasteiger partial charge in [0.2, 0.25) is 0 Å². The topological polar surface area (TPSA) is 186 Å². The first-order valence-corrected chi connectivity index (χ1v) is 18.4. The number of amides is 4. The number of rotatable bonds is 8. The monoisotopic (exact) mass is 768 g/mol. The number of nitrogens with zero attached hydrogens (tertiary/aromatic N) is 4. The van der Waals surface area contributed by atoms with Crippen LogP contribution in [0.25, 0.3) is 0 Å². The van der Waals surface area contributed by atoms with Crippen LogP contribution in [0.4, 0.5) is 15.3 Å². The van der Waals surface area contributed by atoms with Gasteiger partial charge in [-0.05, 0) is 70.9 Å². The number of anilines is 1. The summed E-state index contributed by atoms with van der Waals surface area (Å²) in [7, 11) is 0. The quantitative estimate of drug-likeness (QED) is 0.340. The van der Waals surface area contributed by atoms with E-state index in [4.69, 9.17) is 4.74 Å². The number of carboxylic acids is 2. The molecule has 4 heterocycles. The molecule has 51 heavy (non-hydrogen) atoms. The third kappa shape index (κ3) is 8.25. The molecule has 6 rings (SSSR count). The normalized spacial score (nSPS) is 23.8. The fourth-order valence-corrected chi connectivity index (χ4v) is 8.37. The minimum absolute atomic E-state index is 0.0101. The highest BCUT2D eigenvalue weighted by Gasteiger charge is 2.47. The molecule has 3 N–H and O–H groups in total. The van der Waals surface area contributed by atoms with Crippen molar-refractivity contribution in [2.24, 2.45) is 0 Å². The summed E-state index contributed by atoms with van der Waals surface area (Å²) in [4.78, 5) is 71.7. The molecular formula is C36H43BrN5O9. The Hall–Kier alpha value is -4.37. The molecule has 4 aliphatic rings. The molecule has 2 aromatic rings. The predicted molar refractivity (Wildman–Crippen MR) is 186 cm³/mol. The Labute approximate surface area is 304 Å². The lowest BCUT2D eigenvalue weighted by Gasteiger charge is -2.41. The van der Waals surface area contributed by atoms with E-state index in [-0.39, 0.29) is 43.3 Å². The van der Waals surface area contributed by atoms with Crippen molar-refractivity contribution in [3.8, 4) is 5.75 Å². The van der Waals surface area contributed by atoms with Crippen molar-refractivity contribution in [1.82, 2.24) is 19.6 Å². The van der Waals surface area contributed by atoms with Crippen molar-refractivity contribution in [3.05, 3.63) is 58.1 Å². The lowest BCUT2D eigenvalue weighted by Crippen LogP contribution is -2.63. The van der Waals surface area contributed by atoms with Crippen molar-refractivity contribution in [2.45, 2.75) is 88.1 Å². The van der Waals surface area contributed by atoms with E-state index in [1.54, 1.807) is 17.0 Å². The van der Waals surface area contributed by atoms with Crippen molar-refractivity contribution in [1.29, 1.82) is 0 Å². The third-order valence-electron chi connectivity index (χ3n) is 10.7. The van der Waals surface area contributed by atoms with Crippen LogP contribution < -0.4 is 15.3 Å². The van der Waals surface area contributed by atoms with Crippen LogP contribution in [0, 0.1) is 0 Å². The second-order valence-electron chi connectivity index (χ2n) is 13.7. The number of urea groups is 1. The number of ether oxygens (including phenoxy) is 1. The van der Waals surface area contributed by atoms with E-state index in [1.807, 2.05) is 29.2 Å². The Balaban J connectivity index is 1.14. The highest BCUT2D eigenvalue weighted by atomic mass is 79.9. The first-order valence-electron chi connectivity index (χ1n) is 17.6. The number of hydrogen-bond acceptors (Lipinski definition) is 9. The van der Waals surface area contributed by atoms with Crippen molar-refractivity contribution in [2.75, 3.05) is 38.0 Å². The fraction of sp³-hybridized carbons (Fsp3) is 0.528. The number of hydrogen-bond donors (Lipinski definition) is 3. The van der Waals surface area contributed by atoms with Gasteiger partial charge in [0, 0.05) is 70.0 Å². The summed E-state index contributed by atoms with van der Waals surface area (Å²) in [6.45, 7) is 1.68. The van der Waals surface area contributed by atoms with Gasteiger partial charge in [0.25, 0.3) is 5.91 Å². The maximum absolute atomic E-state index is 14.2. The zero-order valence-corrected chi connectivity index (χ0v) is 29.8. The zero-order valence-electron chi connectivity index (χ0n) is 28.2. The average Bonchev–Trinajstić information content (AvgIpc) is 3.30. The first kappa shape index (κ1) is 36.4. The van der Waals surface area contributed by atoms with Crippen LogP contribution in [-0.4, -0.2) is 118 Å². The third-order valence-corrected chi connectivity index (χ3v) is 11.3. The Kier molecular flexibility index (Phi) is 11.3. The number of likely N-dealkylation sites (tertiary alicyclic amines) is 3. The van der Waals surface area contributed by atoms with Crippen LogP contribution in [0.1, 0.15) is 56.1 Å². The maximum atomic E-state index is 14.2. The van der Waals surface area contributed by atoms with Crippen molar-refractivity contribution < 1.29 is 44.0 Å². The van der Waals surface area contributed by atoms with E-state index in [0.29, 0.717) is 68.3 Å². The highest BCUT2D eigenvalue weighted by Crippen LogP contribution is 2.30. The number of piperidine rings is 3. The minimum atomic E-state index is -1.37. The van der Waals surface area contributed by atoms with Crippen molar-refractivity contribution in [3.63, 3.8) is 0 Å². The molecule has 4 atom stereocenters. The van der Waals surface area contributed by atoms with E-state index in [2.05, 4.69) is 21.2 Å². The van der Waals surface area contributed by atoms with Gasteiger partial charge in [-0.2, -0.15) is 4.90 Å². The molecule has 3 fully saturated rings. The van der Waals surface area contributed by atoms with Gasteiger partial charge in [-0.15, -0.1) is 0 Å². The molecule has 0 bridgehead atoms. The number of carboxylic acid groups (broad SMARTS) is 2. The Morgan fingerprint density at radius 2 is 1.78 bits per heavy atom. The summed E-state index contributed by atoms with van der Waals surface area (Å²) in [5.41, 5.74) is 2.43. The molecule has 2 aromatic carbocycles. The second kappa shape index (κ2) is 15.9. The molecule has 1 radical (unpaired) electrons. The van der Waals surface area contributed by atoms with Crippen LogP contribution in [-0.2, 0) is 32.0 Å². The lowest BCUT2D eigenvalue weighted by molar-refractivity contribution is -0.311. The average molecular weight is 770 g/mol. The number of phenolic OH excluding ortho intramolecular Hbond substituents is 1. The number of para-hydroxylation sites is 1. The summed E-state index contributed by atoms with van der Waals surface area (Å²) in [5, 5.41) is 35.2.